The molecule has 16 heavy (non-hydrogen) atoms. The first-order valence-electron chi connectivity index (χ1n) is 6.74. The van der Waals surface area contributed by atoms with Crippen molar-refractivity contribution in [1.82, 2.24) is 5.32 Å². The van der Waals surface area contributed by atoms with E-state index in [0.29, 0.717) is 11.3 Å². The van der Waals surface area contributed by atoms with Crippen LogP contribution in [0.2, 0.25) is 0 Å². The van der Waals surface area contributed by atoms with Crippen LogP contribution >= 0.6 is 0 Å². The maximum atomic E-state index is 12.1. The van der Waals surface area contributed by atoms with E-state index >= 15 is 0 Å². The normalized spacial score (nSPS) is 29.9. The van der Waals surface area contributed by atoms with Crippen LogP contribution in [0, 0.1) is 5.92 Å². The highest BCUT2D eigenvalue weighted by Crippen LogP contribution is 2.27. The Morgan fingerprint density at radius 3 is 2.81 bits per heavy atom. The van der Waals surface area contributed by atoms with Crippen LogP contribution in [-0.4, -0.2) is 27.8 Å². The van der Waals surface area contributed by atoms with E-state index in [1.165, 1.54) is 25.7 Å². The topological polar surface area (TPSA) is 29.1 Å². The Labute approximate surface area is 103 Å². The fourth-order valence-corrected chi connectivity index (χ4v) is 4.42. The van der Waals surface area contributed by atoms with Gasteiger partial charge in [0.05, 0.1) is 0 Å². The Balaban J connectivity index is 2.23. The van der Waals surface area contributed by atoms with Crippen LogP contribution in [0.1, 0.15) is 52.9 Å². The summed E-state index contributed by atoms with van der Waals surface area (Å²) in [6.45, 7) is 7.61. The molecule has 4 atom stereocenters. The van der Waals surface area contributed by atoms with Gasteiger partial charge < -0.3 is 5.32 Å². The highest BCUT2D eigenvalue weighted by molar-refractivity contribution is 7.85. The van der Waals surface area contributed by atoms with Gasteiger partial charge in [-0.3, -0.25) is 4.21 Å². The molecule has 3 heteroatoms. The van der Waals surface area contributed by atoms with Gasteiger partial charge in [-0.1, -0.05) is 26.7 Å². The molecule has 0 heterocycles. The van der Waals surface area contributed by atoms with E-state index in [1.54, 1.807) is 0 Å². The Morgan fingerprint density at radius 2 is 2.19 bits per heavy atom. The van der Waals surface area contributed by atoms with Crippen LogP contribution in [-0.2, 0) is 10.8 Å². The lowest BCUT2D eigenvalue weighted by atomic mass is 9.91. The first-order chi connectivity index (χ1) is 7.63. The Morgan fingerprint density at radius 1 is 1.44 bits per heavy atom. The summed E-state index contributed by atoms with van der Waals surface area (Å²) in [7, 11) is -0.591. The average Bonchev–Trinajstić information content (AvgIpc) is 2.26. The minimum atomic E-state index is -0.591. The number of nitrogens with one attached hydrogen (secondary N) is 1. The third-order valence-electron chi connectivity index (χ3n) is 3.56. The summed E-state index contributed by atoms with van der Waals surface area (Å²) in [5.74, 6) is 1.67. The molecule has 1 N–H and O–H groups in total. The molecule has 1 rings (SSSR count). The maximum Gasteiger partial charge on any atom is 0.0350 e. The Kier molecular flexibility index (Phi) is 6.59. The van der Waals surface area contributed by atoms with Gasteiger partial charge in [0, 0.05) is 27.8 Å². The van der Waals surface area contributed by atoms with E-state index in [9.17, 15) is 4.21 Å². The SMILES string of the molecule is CCNC(C)CCS(=O)C1CCCC(C)C1. The zero-order valence-electron chi connectivity index (χ0n) is 11.0. The highest BCUT2D eigenvalue weighted by atomic mass is 32.2. The zero-order chi connectivity index (χ0) is 12.0. The van der Waals surface area contributed by atoms with E-state index in [0.717, 1.165) is 24.6 Å². The number of hydrogen-bond donors (Lipinski definition) is 1. The van der Waals surface area contributed by atoms with Crippen molar-refractivity contribution in [3.8, 4) is 0 Å². The van der Waals surface area contributed by atoms with Crippen LogP contribution in [0.4, 0.5) is 0 Å². The number of hydrogen-bond acceptors (Lipinski definition) is 2. The van der Waals surface area contributed by atoms with Gasteiger partial charge in [0.25, 0.3) is 0 Å². The van der Waals surface area contributed by atoms with Crippen molar-refractivity contribution in [2.45, 2.75) is 64.2 Å². The summed E-state index contributed by atoms with van der Waals surface area (Å²) >= 11 is 0. The van der Waals surface area contributed by atoms with Gasteiger partial charge in [0.15, 0.2) is 0 Å². The lowest BCUT2D eigenvalue weighted by Crippen LogP contribution is -2.30. The molecule has 0 spiro atoms. The van der Waals surface area contributed by atoms with Crippen LogP contribution in [0.5, 0.6) is 0 Å². The third kappa shape index (κ3) is 4.96. The van der Waals surface area contributed by atoms with Gasteiger partial charge in [0.2, 0.25) is 0 Å². The van der Waals surface area contributed by atoms with Crippen LogP contribution in [0.3, 0.4) is 0 Å². The summed E-state index contributed by atoms with van der Waals surface area (Å²) < 4.78 is 12.1. The monoisotopic (exact) mass is 245 g/mol. The molecule has 1 fully saturated rings. The summed E-state index contributed by atoms with van der Waals surface area (Å²) in [5, 5.41) is 3.86. The first kappa shape index (κ1) is 14.2. The molecular weight excluding hydrogens is 218 g/mol. The molecule has 0 radical (unpaired) electrons. The van der Waals surface area contributed by atoms with Crippen molar-refractivity contribution < 1.29 is 4.21 Å². The maximum absolute atomic E-state index is 12.1. The zero-order valence-corrected chi connectivity index (χ0v) is 11.8. The van der Waals surface area contributed by atoms with Crippen molar-refractivity contribution in [1.29, 1.82) is 0 Å². The van der Waals surface area contributed by atoms with Gasteiger partial charge in [-0.25, -0.2) is 0 Å². The van der Waals surface area contributed by atoms with Gasteiger partial charge in [-0.05, 0) is 38.6 Å². The van der Waals surface area contributed by atoms with Crippen molar-refractivity contribution in [2.24, 2.45) is 5.92 Å². The van der Waals surface area contributed by atoms with Crippen LogP contribution in [0.25, 0.3) is 0 Å². The fourth-order valence-electron chi connectivity index (χ4n) is 2.53. The molecule has 1 saturated carbocycles. The molecule has 0 amide bonds. The summed E-state index contributed by atoms with van der Waals surface area (Å²) in [6, 6.07) is 0.509. The fraction of sp³-hybridized carbons (Fsp3) is 1.00. The quantitative estimate of drug-likeness (QED) is 0.779. The molecule has 1 aliphatic carbocycles. The van der Waals surface area contributed by atoms with Crippen molar-refractivity contribution in [3.05, 3.63) is 0 Å². The highest BCUT2D eigenvalue weighted by Gasteiger charge is 2.23. The van der Waals surface area contributed by atoms with Gasteiger partial charge in [0.1, 0.15) is 0 Å². The largest absolute Gasteiger partial charge is 0.315 e. The second kappa shape index (κ2) is 7.44. The van der Waals surface area contributed by atoms with E-state index in [1.807, 2.05) is 0 Å². The van der Waals surface area contributed by atoms with Crippen LogP contribution < -0.4 is 5.32 Å². The summed E-state index contributed by atoms with van der Waals surface area (Å²) in [6.07, 6.45) is 6.03. The molecule has 4 unspecified atom stereocenters. The van der Waals surface area contributed by atoms with Gasteiger partial charge in [-0.15, -0.1) is 0 Å². The summed E-state index contributed by atoms with van der Waals surface area (Å²) in [5.41, 5.74) is 0. The van der Waals surface area contributed by atoms with Crippen molar-refractivity contribution in [2.75, 3.05) is 12.3 Å². The predicted molar refractivity (Wildman–Crippen MR) is 72.2 cm³/mol. The smallest absolute Gasteiger partial charge is 0.0350 e. The van der Waals surface area contributed by atoms with Crippen molar-refractivity contribution >= 4 is 10.8 Å². The lowest BCUT2D eigenvalue weighted by molar-refractivity contribution is 0.389. The van der Waals surface area contributed by atoms with Gasteiger partial charge in [-0.2, -0.15) is 0 Å². The second-order valence-electron chi connectivity index (χ2n) is 5.23. The van der Waals surface area contributed by atoms with E-state index in [-0.39, 0.29) is 0 Å². The predicted octanol–water partition coefficient (Wildman–Crippen LogP) is 2.70. The summed E-state index contributed by atoms with van der Waals surface area (Å²) in [4.78, 5) is 0. The Bertz CT molecular complexity index is 220. The minimum Gasteiger partial charge on any atom is -0.315 e. The molecular formula is C13H27NOS. The lowest BCUT2D eigenvalue weighted by Gasteiger charge is -2.26. The third-order valence-corrected chi connectivity index (χ3v) is 5.37. The second-order valence-corrected chi connectivity index (χ2v) is 7.06. The molecule has 0 bridgehead atoms. The molecule has 1 aliphatic rings. The van der Waals surface area contributed by atoms with E-state index in [2.05, 4.69) is 26.1 Å². The average molecular weight is 245 g/mol. The van der Waals surface area contributed by atoms with Crippen molar-refractivity contribution in [3.63, 3.8) is 0 Å². The van der Waals surface area contributed by atoms with E-state index in [4.69, 9.17) is 0 Å². The molecule has 0 aromatic carbocycles. The molecule has 0 aromatic rings. The standard InChI is InChI=1S/C13H27NOS/c1-4-14-12(3)8-9-16(15)13-7-5-6-11(2)10-13/h11-14H,4-10H2,1-3H3. The first-order valence-corrected chi connectivity index (χ1v) is 8.12. The van der Waals surface area contributed by atoms with E-state index < -0.39 is 10.8 Å². The minimum absolute atomic E-state index is 0.484. The van der Waals surface area contributed by atoms with Gasteiger partial charge >= 0.3 is 0 Å². The molecule has 0 saturated heterocycles. The molecule has 0 aromatic heterocycles. The Hall–Kier alpha value is 0.110. The number of rotatable bonds is 6. The molecule has 2 nitrogen and oxygen atoms in total. The van der Waals surface area contributed by atoms with Crippen LogP contribution in [0.15, 0.2) is 0 Å². The molecule has 96 valence electrons. The molecule has 0 aliphatic heterocycles.